The van der Waals surface area contributed by atoms with Crippen molar-refractivity contribution >= 4 is 39.7 Å². The Balaban J connectivity index is 2.10. The Bertz CT molecular complexity index is 1070. The molecule has 24 heavy (non-hydrogen) atoms. The Hall–Kier alpha value is -2.62. The van der Waals surface area contributed by atoms with Crippen LogP contribution in [0.4, 0.5) is 0 Å². The SMILES string of the molecule is COc1cc(/C=N/n2c(=O)[nH]c3ccccc3c2=O)cc(I)c1O. The van der Waals surface area contributed by atoms with Crippen LogP contribution in [0.25, 0.3) is 10.9 Å². The lowest BCUT2D eigenvalue weighted by Crippen LogP contribution is -2.32. The summed E-state index contributed by atoms with van der Waals surface area (Å²) in [5.74, 6) is 0.305. The summed E-state index contributed by atoms with van der Waals surface area (Å²) in [4.78, 5) is 27.0. The topological polar surface area (TPSA) is 96.7 Å². The van der Waals surface area contributed by atoms with Gasteiger partial charge in [0.15, 0.2) is 11.5 Å². The van der Waals surface area contributed by atoms with E-state index in [1.807, 2.05) is 22.6 Å². The summed E-state index contributed by atoms with van der Waals surface area (Å²) in [6, 6.07) is 9.92. The zero-order valence-corrected chi connectivity index (χ0v) is 14.6. The number of methoxy groups -OCH3 is 1. The normalized spacial score (nSPS) is 11.2. The molecule has 1 heterocycles. The van der Waals surface area contributed by atoms with Gasteiger partial charge in [-0.15, -0.1) is 4.68 Å². The van der Waals surface area contributed by atoms with E-state index >= 15 is 0 Å². The summed E-state index contributed by atoms with van der Waals surface area (Å²) in [7, 11) is 1.44. The van der Waals surface area contributed by atoms with Gasteiger partial charge in [0.1, 0.15) is 0 Å². The first-order chi connectivity index (χ1) is 11.5. The first-order valence-electron chi connectivity index (χ1n) is 6.86. The van der Waals surface area contributed by atoms with E-state index in [-0.39, 0.29) is 11.5 Å². The predicted molar refractivity (Wildman–Crippen MR) is 99.2 cm³/mol. The smallest absolute Gasteiger partial charge is 0.349 e. The monoisotopic (exact) mass is 437 g/mol. The molecule has 0 bridgehead atoms. The van der Waals surface area contributed by atoms with Crippen molar-refractivity contribution in [2.45, 2.75) is 0 Å². The fourth-order valence-electron chi connectivity index (χ4n) is 2.21. The second-order valence-corrected chi connectivity index (χ2v) is 6.05. The van der Waals surface area contributed by atoms with Crippen molar-refractivity contribution in [3.63, 3.8) is 0 Å². The van der Waals surface area contributed by atoms with Crippen LogP contribution in [-0.4, -0.2) is 28.1 Å². The molecule has 2 aromatic carbocycles. The molecule has 0 saturated carbocycles. The first-order valence-corrected chi connectivity index (χ1v) is 7.94. The number of halogens is 1. The van der Waals surface area contributed by atoms with Crippen LogP contribution >= 0.6 is 22.6 Å². The minimum Gasteiger partial charge on any atom is -0.504 e. The molecule has 3 aromatic rings. The van der Waals surface area contributed by atoms with Gasteiger partial charge in [-0.3, -0.25) is 4.79 Å². The summed E-state index contributed by atoms with van der Waals surface area (Å²) in [5, 5.41) is 14.2. The van der Waals surface area contributed by atoms with E-state index in [0.29, 0.717) is 20.0 Å². The lowest BCUT2D eigenvalue weighted by molar-refractivity contribution is 0.371. The molecule has 0 fully saturated rings. The van der Waals surface area contributed by atoms with Crippen LogP contribution in [0.1, 0.15) is 5.56 Å². The van der Waals surface area contributed by atoms with Crippen molar-refractivity contribution in [1.29, 1.82) is 0 Å². The fraction of sp³-hybridized carbons (Fsp3) is 0.0625. The average molecular weight is 437 g/mol. The van der Waals surface area contributed by atoms with E-state index in [4.69, 9.17) is 4.74 Å². The molecule has 0 aliphatic heterocycles. The number of aromatic hydroxyl groups is 1. The standard InChI is InChI=1S/C16H12IN3O4/c1-24-13-7-9(6-11(17)14(13)21)8-18-20-15(22)10-4-2-3-5-12(10)19-16(20)23/h2-8,21H,1H3,(H,19,23)/b18-8+. The summed E-state index contributed by atoms with van der Waals surface area (Å²) >= 11 is 1.95. The van der Waals surface area contributed by atoms with Crippen molar-refractivity contribution in [2.24, 2.45) is 5.10 Å². The van der Waals surface area contributed by atoms with Gasteiger partial charge in [0.2, 0.25) is 0 Å². The summed E-state index contributed by atoms with van der Waals surface area (Å²) in [5.41, 5.74) is -0.102. The van der Waals surface area contributed by atoms with Crippen LogP contribution in [0.3, 0.4) is 0 Å². The molecule has 122 valence electrons. The highest BCUT2D eigenvalue weighted by Crippen LogP contribution is 2.31. The first kappa shape index (κ1) is 16.2. The number of benzene rings is 2. The summed E-state index contributed by atoms with van der Waals surface area (Å²) in [6.45, 7) is 0. The van der Waals surface area contributed by atoms with Crippen LogP contribution in [0, 0.1) is 3.57 Å². The quantitative estimate of drug-likeness (QED) is 0.483. The highest BCUT2D eigenvalue weighted by molar-refractivity contribution is 14.1. The third kappa shape index (κ3) is 2.92. The van der Waals surface area contributed by atoms with E-state index in [2.05, 4.69) is 10.1 Å². The van der Waals surface area contributed by atoms with Crippen LogP contribution < -0.4 is 16.0 Å². The number of para-hydroxylation sites is 1. The summed E-state index contributed by atoms with van der Waals surface area (Å²) in [6.07, 6.45) is 1.36. The lowest BCUT2D eigenvalue weighted by atomic mass is 10.2. The minimum absolute atomic E-state index is 0.0240. The Kier molecular flexibility index (Phi) is 4.38. The Morgan fingerprint density at radius 3 is 2.79 bits per heavy atom. The molecular weight excluding hydrogens is 425 g/mol. The number of hydrogen-bond acceptors (Lipinski definition) is 5. The number of phenols is 1. The van der Waals surface area contributed by atoms with Gasteiger partial charge in [-0.05, 0) is 52.4 Å². The number of H-pyrrole nitrogens is 1. The largest absolute Gasteiger partial charge is 0.504 e. The molecule has 0 atom stereocenters. The highest BCUT2D eigenvalue weighted by Gasteiger charge is 2.09. The molecule has 0 spiro atoms. The number of rotatable bonds is 3. The number of nitrogens with one attached hydrogen (secondary N) is 1. The highest BCUT2D eigenvalue weighted by atomic mass is 127. The third-order valence-corrected chi connectivity index (χ3v) is 4.20. The van der Waals surface area contributed by atoms with Crippen molar-refractivity contribution < 1.29 is 9.84 Å². The maximum Gasteiger partial charge on any atom is 0.349 e. The molecule has 0 saturated heterocycles. The maximum absolute atomic E-state index is 12.4. The molecule has 3 rings (SSSR count). The summed E-state index contributed by atoms with van der Waals surface area (Å²) < 4.78 is 6.39. The van der Waals surface area contributed by atoms with Crippen LogP contribution in [0.2, 0.25) is 0 Å². The molecule has 8 heteroatoms. The van der Waals surface area contributed by atoms with Crippen LogP contribution in [0.15, 0.2) is 51.1 Å². The van der Waals surface area contributed by atoms with Crippen molar-refractivity contribution in [3.8, 4) is 11.5 Å². The van der Waals surface area contributed by atoms with Gasteiger partial charge in [0.05, 0.1) is 27.8 Å². The predicted octanol–water partition coefficient (Wildman–Crippen LogP) is 1.89. The molecule has 0 unspecified atom stereocenters. The van der Waals surface area contributed by atoms with Gasteiger partial charge >= 0.3 is 5.69 Å². The number of ether oxygens (including phenoxy) is 1. The van der Waals surface area contributed by atoms with E-state index < -0.39 is 11.2 Å². The zero-order chi connectivity index (χ0) is 17.3. The number of nitrogens with zero attached hydrogens (tertiary/aromatic N) is 2. The van der Waals surface area contributed by atoms with Crippen molar-refractivity contribution in [3.05, 3.63) is 66.4 Å². The number of fused-ring (bicyclic) bond motifs is 1. The second kappa shape index (κ2) is 6.48. The van der Waals surface area contributed by atoms with Crippen molar-refractivity contribution in [1.82, 2.24) is 9.66 Å². The van der Waals surface area contributed by atoms with Gasteiger partial charge < -0.3 is 14.8 Å². The average Bonchev–Trinajstić information content (AvgIpc) is 2.57. The van der Waals surface area contributed by atoms with E-state index in [1.54, 1.807) is 36.4 Å². The third-order valence-electron chi connectivity index (χ3n) is 3.38. The molecule has 2 N–H and O–H groups in total. The van der Waals surface area contributed by atoms with Crippen molar-refractivity contribution in [2.75, 3.05) is 7.11 Å². The molecule has 0 radical (unpaired) electrons. The van der Waals surface area contributed by atoms with E-state index in [1.165, 1.54) is 13.3 Å². The lowest BCUT2D eigenvalue weighted by Gasteiger charge is -2.06. The molecule has 7 nitrogen and oxygen atoms in total. The Labute approximate surface area is 149 Å². The van der Waals surface area contributed by atoms with Gasteiger partial charge in [-0.1, -0.05) is 12.1 Å². The molecule has 0 amide bonds. The molecular formula is C16H12IN3O4. The van der Waals surface area contributed by atoms with E-state index in [0.717, 1.165) is 4.68 Å². The van der Waals surface area contributed by atoms with Gasteiger partial charge in [-0.2, -0.15) is 5.10 Å². The molecule has 0 aliphatic rings. The number of phenolic OH excluding ortho intramolecular Hbond substituents is 1. The number of aromatic amines is 1. The fourth-order valence-corrected chi connectivity index (χ4v) is 2.83. The number of hydrogen-bond donors (Lipinski definition) is 2. The van der Waals surface area contributed by atoms with Gasteiger partial charge in [0.25, 0.3) is 5.56 Å². The number of aromatic nitrogens is 2. The van der Waals surface area contributed by atoms with Crippen LogP contribution in [-0.2, 0) is 0 Å². The Morgan fingerprint density at radius 2 is 2.04 bits per heavy atom. The van der Waals surface area contributed by atoms with E-state index in [9.17, 15) is 14.7 Å². The minimum atomic E-state index is -0.629. The van der Waals surface area contributed by atoms with Gasteiger partial charge in [-0.25, -0.2) is 4.79 Å². The molecule has 0 aliphatic carbocycles. The van der Waals surface area contributed by atoms with Crippen LogP contribution in [0.5, 0.6) is 11.5 Å². The zero-order valence-electron chi connectivity index (χ0n) is 12.5. The Morgan fingerprint density at radius 1 is 1.29 bits per heavy atom. The maximum atomic E-state index is 12.4. The second-order valence-electron chi connectivity index (χ2n) is 4.89. The molecule has 1 aromatic heterocycles. The van der Waals surface area contributed by atoms with Gasteiger partial charge in [0, 0.05) is 0 Å².